The summed E-state index contributed by atoms with van der Waals surface area (Å²) >= 11 is 0. The van der Waals surface area contributed by atoms with Crippen LogP contribution in [0.25, 0.3) is 0 Å². The first kappa shape index (κ1) is 13.9. The minimum Gasteiger partial charge on any atom is -0.481 e. The number of aliphatic carboxylic acids is 1. The molecule has 0 spiro atoms. The molecule has 100 valence electrons. The van der Waals surface area contributed by atoms with Crippen molar-refractivity contribution in [2.24, 2.45) is 0 Å². The molecule has 4 N–H and O–H groups in total. The van der Waals surface area contributed by atoms with Crippen molar-refractivity contribution in [1.29, 1.82) is 0 Å². The molecule has 0 fully saturated rings. The Kier molecular flexibility index (Phi) is 6.15. The summed E-state index contributed by atoms with van der Waals surface area (Å²) in [6.45, 7) is 0.721. The number of carbonyl (C=O) groups is 2. The van der Waals surface area contributed by atoms with E-state index >= 15 is 0 Å². The van der Waals surface area contributed by atoms with E-state index in [1.165, 1.54) is 0 Å². The van der Waals surface area contributed by atoms with E-state index in [1.807, 2.05) is 0 Å². The van der Waals surface area contributed by atoms with Crippen LogP contribution in [-0.2, 0) is 11.3 Å². The molecule has 0 aromatic carbocycles. The minimum absolute atomic E-state index is 0.171. The second kappa shape index (κ2) is 7.98. The summed E-state index contributed by atoms with van der Waals surface area (Å²) in [4.78, 5) is 21.5. The van der Waals surface area contributed by atoms with Crippen molar-refractivity contribution in [2.45, 2.75) is 32.2 Å². The fourth-order valence-electron chi connectivity index (χ4n) is 1.26. The van der Waals surface area contributed by atoms with E-state index < -0.39 is 5.97 Å². The normalized spacial score (nSPS) is 10.0. The van der Waals surface area contributed by atoms with Crippen LogP contribution in [0.2, 0.25) is 0 Å². The van der Waals surface area contributed by atoms with Crippen LogP contribution in [0.1, 0.15) is 31.5 Å². The molecular weight excluding hydrogens is 240 g/mol. The number of aromatic amines is 1. The number of carboxylic acids is 1. The van der Waals surface area contributed by atoms with Gasteiger partial charge in [0.05, 0.1) is 6.54 Å². The van der Waals surface area contributed by atoms with Crippen molar-refractivity contribution < 1.29 is 14.7 Å². The maximum absolute atomic E-state index is 11.3. The Balaban J connectivity index is 1.95. The van der Waals surface area contributed by atoms with Gasteiger partial charge in [0.15, 0.2) is 5.82 Å². The summed E-state index contributed by atoms with van der Waals surface area (Å²) in [5.74, 6) is -0.382. The van der Waals surface area contributed by atoms with Crippen LogP contribution in [0.5, 0.6) is 0 Å². The molecule has 9 nitrogen and oxygen atoms in total. The van der Waals surface area contributed by atoms with E-state index in [1.54, 1.807) is 0 Å². The summed E-state index contributed by atoms with van der Waals surface area (Å²) in [5, 5.41) is 26.6. The second-order valence-corrected chi connectivity index (χ2v) is 3.64. The number of nitrogens with zero attached hydrogens (tertiary/aromatic N) is 3. The number of tetrazole rings is 1. The zero-order valence-electron chi connectivity index (χ0n) is 9.85. The topological polar surface area (TPSA) is 133 Å². The standard InChI is InChI=1S/C9H16N6O3/c16-8(17)4-2-1-3-5-10-9(18)11-6-7-12-14-15-13-7/h1-6H2,(H,16,17)(H2,10,11,18)(H,12,13,14,15). The molecule has 2 amide bonds. The first-order valence-electron chi connectivity index (χ1n) is 5.64. The van der Waals surface area contributed by atoms with Crippen LogP contribution in [0.15, 0.2) is 0 Å². The van der Waals surface area contributed by atoms with Gasteiger partial charge in [-0.15, -0.1) is 10.2 Å². The highest BCUT2D eigenvalue weighted by atomic mass is 16.4. The van der Waals surface area contributed by atoms with Gasteiger partial charge >= 0.3 is 12.0 Å². The first-order chi connectivity index (χ1) is 8.68. The Morgan fingerprint density at radius 2 is 2.06 bits per heavy atom. The molecule has 1 aromatic rings. The Morgan fingerprint density at radius 3 is 2.72 bits per heavy atom. The van der Waals surface area contributed by atoms with Gasteiger partial charge in [-0.3, -0.25) is 4.79 Å². The van der Waals surface area contributed by atoms with E-state index in [4.69, 9.17) is 5.11 Å². The predicted octanol–water partition coefficient (Wildman–Crippen LogP) is -0.356. The lowest BCUT2D eigenvalue weighted by Crippen LogP contribution is -2.35. The van der Waals surface area contributed by atoms with Gasteiger partial charge in [-0.05, 0) is 12.8 Å². The number of aromatic nitrogens is 4. The van der Waals surface area contributed by atoms with Crippen molar-refractivity contribution in [3.05, 3.63) is 5.82 Å². The molecular formula is C9H16N6O3. The zero-order chi connectivity index (χ0) is 13.2. The van der Waals surface area contributed by atoms with Crippen molar-refractivity contribution in [3.63, 3.8) is 0 Å². The van der Waals surface area contributed by atoms with Crippen LogP contribution in [0, 0.1) is 0 Å². The smallest absolute Gasteiger partial charge is 0.315 e. The predicted molar refractivity (Wildman–Crippen MR) is 60.5 cm³/mol. The Bertz CT molecular complexity index is 366. The molecule has 0 bridgehead atoms. The average Bonchev–Trinajstić information content (AvgIpc) is 2.83. The van der Waals surface area contributed by atoms with Crippen LogP contribution >= 0.6 is 0 Å². The fourth-order valence-corrected chi connectivity index (χ4v) is 1.26. The van der Waals surface area contributed by atoms with Crippen LogP contribution in [-0.4, -0.2) is 44.3 Å². The third kappa shape index (κ3) is 6.40. The highest BCUT2D eigenvalue weighted by Gasteiger charge is 2.02. The maximum Gasteiger partial charge on any atom is 0.315 e. The lowest BCUT2D eigenvalue weighted by molar-refractivity contribution is -0.137. The molecule has 0 saturated heterocycles. The number of carbonyl (C=O) groups excluding carboxylic acids is 1. The third-order valence-electron chi connectivity index (χ3n) is 2.15. The van der Waals surface area contributed by atoms with Gasteiger partial charge in [0, 0.05) is 13.0 Å². The van der Waals surface area contributed by atoms with Gasteiger partial charge in [0.1, 0.15) is 0 Å². The number of H-pyrrole nitrogens is 1. The average molecular weight is 256 g/mol. The van der Waals surface area contributed by atoms with Crippen molar-refractivity contribution in [1.82, 2.24) is 31.3 Å². The van der Waals surface area contributed by atoms with E-state index in [2.05, 4.69) is 31.3 Å². The van der Waals surface area contributed by atoms with Crippen molar-refractivity contribution in [3.8, 4) is 0 Å². The Labute approximate surface area is 103 Å². The van der Waals surface area contributed by atoms with Crippen molar-refractivity contribution >= 4 is 12.0 Å². The van der Waals surface area contributed by atoms with Gasteiger partial charge < -0.3 is 15.7 Å². The zero-order valence-corrected chi connectivity index (χ0v) is 9.85. The number of hydrogen-bond acceptors (Lipinski definition) is 5. The number of urea groups is 1. The molecule has 9 heteroatoms. The number of rotatable bonds is 8. The van der Waals surface area contributed by atoms with Crippen LogP contribution < -0.4 is 10.6 Å². The number of amides is 2. The first-order valence-corrected chi connectivity index (χ1v) is 5.64. The molecule has 0 radical (unpaired) electrons. The molecule has 0 unspecified atom stereocenters. The van der Waals surface area contributed by atoms with Crippen LogP contribution in [0.3, 0.4) is 0 Å². The molecule has 1 heterocycles. The van der Waals surface area contributed by atoms with Gasteiger partial charge in [-0.25, -0.2) is 4.79 Å². The molecule has 0 saturated carbocycles. The lowest BCUT2D eigenvalue weighted by atomic mass is 10.2. The Morgan fingerprint density at radius 1 is 1.22 bits per heavy atom. The summed E-state index contributed by atoms with van der Waals surface area (Å²) < 4.78 is 0. The highest BCUT2D eigenvalue weighted by molar-refractivity contribution is 5.73. The number of carboxylic acid groups (broad SMARTS) is 1. The third-order valence-corrected chi connectivity index (χ3v) is 2.15. The number of hydrogen-bond donors (Lipinski definition) is 4. The molecule has 0 aliphatic carbocycles. The molecule has 1 rings (SSSR count). The van der Waals surface area contributed by atoms with E-state index in [0.29, 0.717) is 18.8 Å². The molecule has 0 aliphatic heterocycles. The molecule has 18 heavy (non-hydrogen) atoms. The Hall–Kier alpha value is -2.19. The van der Waals surface area contributed by atoms with Crippen molar-refractivity contribution in [2.75, 3.05) is 6.54 Å². The van der Waals surface area contributed by atoms with Gasteiger partial charge in [0.25, 0.3) is 0 Å². The summed E-state index contributed by atoms with van der Waals surface area (Å²) in [7, 11) is 0. The number of unbranched alkanes of at least 4 members (excludes halogenated alkanes) is 2. The highest BCUT2D eigenvalue weighted by Crippen LogP contribution is 1.98. The van der Waals surface area contributed by atoms with Gasteiger partial charge in [-0.1, -0.05) is 11.6 Å². The van der Waals surface area contributed by atoms with E-state index in [-0.39, 0.29) is 19.0 Å². The largest absolute Gasteiger partial charge is 0.481 e. The van der Waals surface area contributed by atoms with Gasteiger partial charge in [-0.2, -0.15) is 5.21 Å². The minimum atomic E-state index is -0.791. The SMILES string of the molecule is O=C(O)CCCCCNC(=O)NCc1nn[nH]n1. The summed E-state index contributed by atoms with van der Waals surface area (Å²) in [6, 6.07) is -0.307. The second-order valence-electron chi connectivity index (χ2n) is 3.64. The van der Waals surface area contributed by atoms with E-state index in [9.17, 15) is 9.59 Å². The fraction of sp³-hybridized carbons (Fsp3) is 0.667. The quantitative estimate of drug-likeness (QED) is 0.469. The van der Waals surface area contributed by atoms with Gasteiger partial charge in [0.2, 0.25) is 0 Å². The molecule has 0 aliphatic rings. The lowest BCUT2D eigenvalue weighted by Gasteiger charge is -2.05. The summed E-state index contributed by atoms with van der Waals surface area (Å²) in [6.07, 6.45) is 2.33. The van der Waals surface area contributed by atoms with Crippen LogP contribution in [0.4, 0.5) is 4.79 Å². The van der Waals surface area contributed by atoms with E-state index in [0.717, 1.165) is 12.8 Å². The summed E-state index contributed by atoms with van der Waals surface area (Å²) in [5.41, 5.74) is 0. The monoisotopic (exact) mass is 256 g/mol. The maximum atomic E-state index is 11.3. The molecule has 0 atom stereocenters. The number of nitrogens with one attached hydrogen (secondary N) is 3. The molecule has 1 aromatic heterocycles.